The predicted octanol–water partition coefficient (Wildman–Crippen LogP) is 4.33. The van der Waals surface area contributed by atoms with Gasteiger partial charge in [0.2, 0.25) is 0 Å². The summed E-state index contributed by atoms with van der Waals surface area (Å²) < 4.78 is 54.9. The molecular formula is C21H17F4N7O2. The second kappa shape index (κ2) is 9.29. The molecule has 2 N–H and O–H groups in total. The Morgan fingerprint density at radius 3 is 2.35 bits per heavy atom. The molecule has 0 unspecified atom stereocenters. The number of nitrogens with zero attached hydrogens (tertiary/aromatic N) is 5. The number of carbonyl (C=O) groups excluding carboxylic acids is 2. The van der Waals surface area contributed by atoms with Crippen molar-refractivity contribution < 1.29 is 27.2 Å². The first-order valence-corrected chi connectivity index (χ1v) is 9.99. The summed E-state index contributed by atoms with van der Waals surface area (Å²) in [5.41, 5.74) is -1.93. The average molecular weight is 475 g/mol. The standard InChI is InChI=1S/C21H17F4N7O2/c1-2-31-10-14(17(30-31)21(34)26-11-6-4-3-5-7-11)28-20(33)13-9-16-27-12(18(22)23)8-15(19(24)25)32(16)29-13/h3-10,18-19H,2H2,1H3,(H,26,34)(H,28,33). The number of carbonyl (C=O) groups is 2. The molecule has 0 fully saturated rings. The minimum Gasteiger partial charge on any atom is -0.321 e. The van der Waals surface area contributed by atoms with Crippen LogP contribution in [0.1, 0.15) is 52.1 Å². The van der Waals surface area contributed by atoms with Gasteiger partial charge in [0, 0.05) is 24.5 Å². The van der Waals surface area contributed by atoms with E-state index < -0.39 is 36.1 Å². The minimum atomic E-state index is -3.13. The molecule has 1 aromatic carbocycles. The molecule has 13 heteroatoms. The Morgan fingerprint density at radius 2 is 1.71 bits per heavy atom. The van der Waals surface area contributed by atoms with Crippen LogP contribution in [-0.4, -0.2) is 36.2 Å². The Kier molecular flexibility index (Phi) is 6.25. The number of benzene rings is 1. The van der Waals surface area contributed by atoms with Crippen LogP contribution in [0.4, 0.5) is 28.9 Å². The largest absolute Gasteiger partial charge is 0.321 e. The molecule has 3 heterocycles. The minimum absolute atomic E-state index is 0.0487. The van der Waals surface area contributed by atoms with Crippen molar-refractivity contribution >= 4 is 28.8 Å². The molecule has 4 aromatic rings. The van der Waals surface area contributed by atoms with Gasteiger partial charge in [-0.25, -0.2) is 27.1 Å². The number of aromatic nitrogens is 5. The summed E-state index contributed by atoms with van der Waals surface area (Å²) in [6.07, 6.45) is -4.79. The van der Waals surface area contributed by atoms with Gasteiger partial charge in [0.05, 0.1) is 5.69 Å². The van der Waals surface area contributed by atoms with Crippen LogP contribution in [0.25, 0.3) is 5.65 Å². The van der Waals surface area contributed by atoms with Crippen molar-refractivity contribution in [2.45, 2.75) is 26.3 Å². The maximum Gasteiger partial charge on any atom is 0.280 e. The van der Waals surface area contributed by atoms with Gasteiger partial charge in [0.25, 0.3) is 24.7 Å². The number of para-hydroxylation sites is 1. The number of aryl methyl sites for hydroxylation is 1. The lowest BCUT2D eigenvalue weighted by Crippen LogP contribution is -2.18. The monoisotopic (exact) mass is 475 g/mol. The first-order valence-electron chi connectivity index (χ1n) is 9.99. The molecule has 2 amide bonds. The second-order valence-corrected chi connectivity index (χ2v) is 7.03. The summed E-state index contributed by atoms with van der Waals surface area (Å²) in [5, 5.41) is 13.1. The number of amides is 2. The molecule has 0 aliphatic rings. The lowest BCUT2D eigenvalue weighted by atomic mass is 10.3. The summed E-state index contributed by atoms with van der Waals surface area (Å²) >= 11 is 0. The van der Waals surface area contributed by atoms with E-state index in [4.69, 9.17) is 0 Å². The van der Waals surface area contributed by atoms with Gasteiger partial charge in [0.1, 0.15) is 11.4 Å². The maximum absolute atomic E-state index is 13.4. The van der Waals surface area contributed by atoms with Crippen molar-refractivity contribution in [1.29, 1.82) is 0 Å². The van der Waals surface area contributed by atoms with Crippen LogP contribution >= 0.6 is 0 Å². The van der Waals surface area contributed by atoms with Gasteiger partial charge in [-0.2, -0.15) is 10.2 Å². The molecule has 0 aliphatic carbocycles. The van der Waals surface area contributed by atoms with Crippen LogP contribution in [0.3, 0.4) is 0 Å². The molecule has 4 rings (SSSR count). The van der Waals surface area contributed by atoms with Gasteiger partial charge in [0.15, 0.2) is 17.0 Å². The first kappa shape index (κ1) is 22.9. The number of halogens is 4. The Bertz CT molecular complexity index is 1350. The zero-order valence-electron chi connectivity index (χ0n) is 17.5. The van der Waals surface area contributed by atoms with Crippen molar-refractivity contribution in [2.75, 3.05) is 10.6 Å². The summed E-state index contributed by atoms with van der Waals surface area (Å²) in [5.74, 6) is -1.46. The van der Waals surface area contributed by atoms with Crippen molar-refractivity contribution in [3.8, 4) is 0 Å². The molecule has 0 atom stereocenters. The van der Waals surface area contributed by atoms with E-state index in [9.17, 15) is 27.2 Å². The number of rotatable bonds is 7. The zero-order valence-corrected chi connectivity index (χ0v) is 17.5. The van der Waals surface area contributed by atoms with Crippen LogP contribution in [0.2, 0.25) is 0 Å². The van der Waals surface area contributed by atoms with Gasteiger partial charge >= 0.3 is 0 Å². The first-order chi connectivity index (χ1) is 16.3. The smallest absolute Gasteiger partial charge is 0.280 e. The lowest BCUT2D eigenvalue weighted by molar-refractivity contribution is 0.102. The zero-order chi connectivity index (χ0) is 24.4. The summed E-state index contributed by atoms with van der Waals surface area (Å²) in [4.78, 5) is 29.1. The quantitative estimate of drug-likeness (QED) is 0.387. The highest BCUT2D eigenvalue weighted by Gasteiger charge is 2.24. The van der Waals surface area contributed by atoms with E-state index >= 15 is 0 Å². The number of fused-ring (bicyclic) bond motifs is 1. The van der Waals surface area contributed by atoms with E-state index in [0.29, 0.717) is 22.8 Å². The SMILES string of the molecule is CCn1cc(NC(=O)c2cc3nc(C(F)F)cc(C(F)F)n3n2)c(C(=O)Nc2ccccc2)n1. The Labute approximate surface area is 189 Å². The van der Waals surface area contributed by atoms with Crippen LogP contribution in [0.5, 0.6) is 0 Å². The molecule has 0 bridgehead atoms. The molecule has 0 spiro atoms. The number of hydrogen-bond acceptors (Lipinski definition) is 5. The molecule has 0 saturated carbocycles. The van der Waals surface area contributed by atoms with Crippen LogP contribution in [0, 0.1) is 0 Å². The Balaban J connectivity index is 1.64. The molecule has 9 nitrogen and oxygen atoms in total. The number of alkyl halides is 4. The van der Waals surface area contributed by atoms with Gasteiger partial charge in [-0.05, 0) is 25.1 Å². The van der Waals surface area contributed by atoms with Crippen molar-refractivity contribution in [3.05, 3.63) is 71.4 Å². The summed E-state index contributed by atoms with van der Waals surface area (Å²) in [6.45, 7) is 2.17. The molecule has 34 heavy (non-hydrogen) atoms. The predicted molar refractivity (Wildman–Crippen MR) is 113 cm³/mol. The van der Waals surface area contributed by atoms with Crippen LogP contribution < -0.4 is 10.6 Å². The molecule has 0 aliphatic heterocycles. The van der Waals surface area contributed by atoms with Crippen LogP contribution in [0.15, 0.2) is 48.7 Å². The van der Waals surface area contributed by atoms with Gasteiger partial charge in [-0.3, -0.25) is 14.3 Å². The second-order valence-electron chi connectivity index (χ2n) is 7.03. The third kappa shape index (κ3) is 4.58. The fourth-order valence-electron chi connectivity index (χ4n) is 3.14. The summed E-state index contributed by atoms with van der Waals surface area (Å²) in [6, 6.07) is 10.1. The van der Waals surface area contributed by atoms with Crippen molar-refractivity contribution in [3.63, 3.8) is 0 Å². The molecule has 176 valence electrons. The van der Waals surface area contributed by atoms with Crippen molar-refractivity contribution in [2.24, 2.45) is 0 Å². The average Bonchev–Trinajstić information content (AvgIpc) is 3.43. The van der Waals surface area contributed by atoms with E-state index in [1.54, 1.807) is 37.3 Å². The molecule has 3 aromatic heterocycles. The van der Waals surface area contributed by atoms with E-state index in [0.717, 1.165) is 6.07 Å². The Morgan fingerprint density at radius 1 is 0.971 bits per heavy atom. The molecule has 0 saturated heterocycles. The highest BCUT2D eigenvalue weighted by molar-refractivity contribution is 6.11. The molecule has 0 radical (unpaired) electrons. The van der Waals surface area contributed by atoms with E-state index in [2.05, 4.69) is 25.8 Å². The number of nitrogens with one attached hydrogen (secondary N) is 2. The van der Waals surface area contributed by atoms with Crippen LogP contribution in [-0.2, 0) is 6.54 Å². The van der Waals surface area contributed by atoms with Gasteiger partial charge in [-0.1, -0.05) is 18.2 Å². The third-order valence-electron chi connectivity index (χ3n) is 4.73. The van der Waals surface area contributed by atoms with E-state index in [1.165, 1.54) is 10.9 Å². The number of hydrogen-bond donors (Lipinski definition) is 2. The number of anilines is 2. The molecular weight excluding hydrogens is 458 g/mol. The third-order valence-corrected chi connectivity index (χ3v) is 4.73. The van der Waals surface area contributed by atoms with Gasteiger partial charge in [-0.15, -0.1) is 0 Å². The normalized spacial score (nSPS) is 11.4. The Hall–Kier alpha value is -4.29. The fourth-order valence-corrected chi connectivity index (χ4v) is 3.14. The summed E-state index contributed by atoms with van der Waals surface area (Å²) in [7, 11) is 0. The maximum atomic E-state index is 13.4. The topological polar surface area (TPSA) is 106 Å². The lowest BCUT2D eigenvalue weighted by Gasteiger charge is -2.06. The van der Waals surface area contributed by atoms with E-state index in [1.807, 2.05) is 0 Å². The van der Waals surface area contributed by atoms with E-state index in [-0.39, 0.29) is 22.7 Å². The highest BCUT2D eigenvalue weighted by atomic mass is 19.3. The van der Waals surface area contributed by atoms with Gasteiger partial charge < -0.3 is 10.6 Å². The van der Waals surface area contributed by atoms with Crippen molar-refractivity contribution in [1.82, 2.24) is 24.4 Å². The fraction of sp³-hybridized carbons (Fsp3) is 0.190. The highest BCUT2D eigenvalue weighted by Crippen LogP contribution is 2.26.